The van der Waals surface area contributed by atoms with E-state index in [0.717, 1.165) is 95.8 Å². The van der Waals surface area contributed by atoms with Crippen molar-refractivity contribution >= 4 is 39.5 Å². The van der Waals surface area contributed by atoms with Crippen LogP contribution in [-0.4, -0.2) is 96.7 Å². The van der Waals surface area contributed by atoms with Crippen LogP contribution in [-0.2, 0) is 65.4 Å². The molecule has 0 aliphatic rings. The Balaban J connectivity index is 5.24. The number of hydrogen-bond acceptors (Lipinski definition) is 15. The van der Waals surface area contributed by atoms with E-state index in [-0.39, 0.29) is 25.7 Å². The monoisotopic (exact) mass is 1300 g/mol. The highest BCUT2D eigenvalue weighted by Gasteiger charge is 2.30. The minimum Gasteiger partial charge on any atom is -0.462 e. The molecule has 0 spiro atoms. The second kappa shape index (κ2) is 62.5. The third kappa shape index (κ3) is 62.8. The molecule has 5 atom stereocenters. The Hall–Kier alpha value is -1.94. The van der Waals surface area contributed by atoms with Gasteiger partial charge in [0.25, 0.3) is 0 Å². The minimum absolute atomic E-state index is 0.107. The van der Waals surface area contributed by atoms with Crippen LogP contribution in [0.4, 0.5) is 0 Å². The molecule has 0 aromatic heterocycles. The molecule has 0 rings (SSSR count). The van der Waals surface area contributed by atoms with Gasteiger partial charge in [-0.3, -0.25) is 37.3 Å². The topological polar surface area (TPSA) is 237 Å². The predicted octanol–water partition coefficient (Wildman–Crippen LogP) is 19.7. The Bertz CT molecular complexity index is 1700. The summed E-state index contributed by atoms with van der Waals surface area (Å²) in [6.07, 6.45) is 48.4. The number of esters is 4. The first-order valence-electron chi connectivity index (χ1n) is 36.1. The summed E-state index contributed by atoms with van der Waals surface area (Å²) in [6, 6.07) is 0. The summed E-state index contributed by atoms with van der Waals surface area (Å²) in [5.41, 5.74) is 0. The molecule has 0 heterocycles. The third-order valence-corrected chi connectivity index (χ3v) is 17.9. The van der Waals surface area contributed by atoms with Crippen molar-refractivity contribution in [3.63, 3.8) is 0 Å². The molecule has 17 nitrogen and oxygen atoms in total. The Morgan fingerprint density at radius 1 is 0.307 bits per heavy atom. The van der Waals surface area contributed by atoms with E-state index in [4.69, 9.17) is 37.0 Å². The van der Waals surface area contributed by atoms with Gasteiger partial charge in [-0.25, -0.2) is 9.13 Å². The Labute approximate surface area is 537 Å². The molecule has 0 aliphatic heterocycles. The molecule has 0 aromatic carbocycles. The third-order valence-electron chi connectivity index (χ3n) is 16.0. The van der Waals surface area contributed by atoms with Gasteiger partial charge in [-0.15, -0.1) is 0 Å². The van der Waals surface area contributed by atoms with Gasteiger partial charge in [0.2, 0.25) is 0 Å². The van der Waals surface area contributed by atoms with Gasteiger partial charge in [-0.1, -0.05) is 304 Å². The van der Waals surface area contributed by atoms with E-state index in [2.05, 4.69) is 34.6 Å². The van der Waals surface area contributed by atoms with Crippen LogP contribution in [0.5, 0.6) is 0 Å². The standard InChI is InChI=1S/C69H134O17P2/c1-6-9-12-15-18-21-23-25-26-28-35-40-45-50-55-69(74)86-65(59-80-67(72)53-48-43-38-33-30-29-32-36-41-46-51-62(4)5)61-84-88(77,78)82-57-63(70)56-81-87(75,76)83-60-64(58-79-66(71)52-47-42-37-31-20-17-14-11-8-3)85-68(73)54-49-44-39-34-27-24-22-19-16-13-10-7-2/h62-65,70H,6-61H2,1-5H3,(H,75,76)(H,77,78)/t63-,64+,65+/m0/s1. The predicted molar refractivity (Wildman–Crippen MR) is 354 cm³/mol. The van der Waals surface area contributed by atoms with Crippen LogP contribution in [0.25, 0.3) is 0 Å². The molecular weight excluding hydrogens is 1160 g/mol. The quantitative estimate of drug-likeness (QED) is 0.0222. The van der Waals surface area contributed by atoms with Gasteiger partial charge in [0.15, 0.2) is 12.2 Å². The van der Waals surface area contributed by atoms with E-state index in [1.165, 1.54) is 180 Å². The molecule has 0 aliphatic carbocycles. The maximum absolute atomic E-state index is 13.0. The summed E-state index contributed by atoms with van der Waals surface area (Å²) >= 11 is 0. The first kappa shape index (κ1) is 86.1. The number of unbranched alkanes of at least 4 members (excludes halogenated alkanes) is 41. The maximum Gasteiger partial charge on any atom is 0.472 e. The van der Waals surface area contributed by atoms with Crippen molar-refractivity contribution in [2.75, 3.05) is 39.6 Å². The van der Waals surface area contributed by atoms with Gasteiger partial charge in [-0.05, 0) is 31.6 Å². The van der Waals surface area contributed by atoms with Crippen LogP contribution >= 0.6 is 15.6 Å². The van der Waals surface area contributed by atoms with Gasteiger partial charge < -0.3 is 33.8 Å². The van der Waals surface area contributed by atoms with Gasteiger partial charge in [0.05, 0.1) is 26.4 Å². The maximum atomic E-state index is 13.0. The highest BCUT2D eigenvalue weighted by Crippen LogP contribution is 2.45. The molecule has 0 saturated heterocycles. The van der Waals surface area contributed by atoms with Crippen LogP contribution in [0.3, 0.4) is 0 Å². The first-order valence-corrected chi connectivity index (χ1v) is 39.1. The Morgan fingerprint density at radius 3 is 0.773 bits per heavy atom. The van der Waals surface area contributed by atoms with Crippen LogP contribution in [0.2, 0.25) is 0 Å². The summed E-state index contributed by atoms with van der Waals surface area (Å²) in [5, 5.41) is 10.6. The SMILES string of the molecule is CCCCCCCCCCCCCCCCC(=O)O[C@H](COC(=O)CCCCCCCCCCCCC(C)C)COP(=O)(O)OC[C@@H](O)COP(=O)(O)OC[C@@H](COC(=O)CCCCCCCCCCC)OC(=O)CCCCCCCCCCCCCC. The van der Waals surface area contributed by atoms with Crippen molar-refractivity contribution in [2.24, 2.45) is 5.92 Å². The lowest BCUT2D eigenvalue weighted by atomic mass is 10.0. The van der Waals surface area contributed by atoms with Gasteiger partial charge >= 0.3 is 39.5 Å². The summed E-state index contributed by atoms with van der Waals surface area (Å²) in [7, 11) is -9.89. The van der Waals surface area contributed by atoms with Crippen molar-refractivity contribution in [1.82, 2.24) is 0 Å². The lowest BCUT2D eigenvalue weighted by Crippen LogP contribution is -2.30. The van der Waals surface area contributed by atoms with Crippen LogP contribution in [0.15, 0.2) is 0 Å². The number of phosphoric acid groups is 2. The fourth-order valence-electron chi connectivity index (χ4n) is 10.5. The lowest BCUT2D eigenvalue weighted by molar-refractivity contribution is -0.161. The van der Waals surface area contributed by atoms with E-state index >= 15 is 0 Å². The zero-order valence-corrected chi connectivity index (χ0v) is 58.6. The largest absolute Gasteiger partial charge is 0.472 e. The summed E-state index contributed by atoms with van der Waals surface area (Å²) in [5.74, 6) is -1.36. The van der Waals surface area contributed by atoms with Gasteiger partial charge in [-0.2, -0.15) is 0 Å². The molecule has 0 bridgehead atoms. The molecular formula is C69H134O17P2. The number of ether oxygens (including phenoxy) is 4. The minimum atomic E-state index is -4.95. The van der Waals surface area contributed by atoms with Crippen molar-refractivity contribution < 1.29 is 80.2 Å². The average Bonchev–Trinajstić information content (AvgIpc) is 3.69. The fourth-order valence-corrected chi connectivity index (χ4v) is 12.0. The van der Waals surface area contributed by atoms with E-state index in [1.54, 1.807) is 0 Å². The molecule has 88 heavy (non-hydrogen) atoms. The van der Waals surface area contributed by atoms with Crippen LogP contribution in [0.1, 0.15) is 356 Å². The number of carbonyl (C=O) groups is 4. The molecule has 522 valence electrons. The second-order valence-electron chi connectivity index (χ2n) is 25.4. The van der Waals surface area contributed by atoms with E-state index in [9.17, 15) is 43.2 Å². The molecule has 2 unspecified atom stereocenters. The van der Waals surface area contributed by atoms with Gasteiger partial charge in [0.1, 0.15) is 19.3 Å². The number of phosphoric ester groups is 2. The zero-order valence-electron chi connectivity index (χ0n) is 56.9. The number of carbonyl (C=O) groups excluding carboxylic acids is 4. The first-order chi connectivity index (χ1) is 42.5. The normalized spacial score (nSPS) is 14.1. The van der Waals surface area contributed by atoms with Crippen LogP contribution in [0, 0.1) is 5.92 Å². The highest BCUT2D eigenvalue weighted by atomic mass is 31.2. The summed E-state index contributed by atoms with van der Waals surface area (Å²) in [4.78, 5) is 72.5. The molecule has 0 saturated carbocycles. The second-order valence-corrected chi connectivity index (χ2v) is 28.3. The van der Waals surface area contributed by atoms with Gasteiger partial charge in [0, 0.05) is 25.7 Å². The number of aliphatic hydroxyl groups excluding tert-OH is 1. The lowest BCUT2D eigenvalue weighted by Gasteiger charge is -2.21. The molecule has 0 aromatic rings. The Morgan fingerprint density at radius 2 is 0.523 bits per heavy atom. The molecule has 3 N–H and O–H groups in total. The van der Waals surface area contributed by atoms with Crippen molar-refractivity contribution in [3.8, 4) is 0 Å². The van der Waals surface area contributed by atoms with E-state index in [0.29, 0.717) is 25.7 Å². The van der Waals surface area contributed by atoms with Crippen LogP contribution < -0.4 is 0 Å². The van der Waals surface area contributed by atoms with Crippen molar-refractivity contribution in [1.29, 1.82) is 0 Å². The molecule has 0 radical (unpaired) electrons. The fraction of sp³-hybridized carbons (Fsp3) is 0.942. The number of aliphatic hydroxyl groups is 1. The van der Waals surface area contributed by atoms with E-state index < -0.39 is 97.5 Å². The highest BCUT2D eigenvalue weighted by molar-refractivity contribution is 7.47. The van der Waals surface area contributed by atoms with Crippen molar-refractivity contribution in [2.45, 2.75) is 374 Å². The smallest absolute Gasteiger partial charge is 0.462 e. The molecule has 0 fully saturated rings. The molecule has 0 amide bonds. The summed E-state index contributed by atoms with van der Waals surface area (Å²) < 4.78 is 68.2. The average molecular weight is 1300 g/mol. The molecule has 19 heteroatoms. The zero-order chi connectivity index (χ0) is 64.9. The van der Waals surface area contributed by atoms with Crippen molar-refractivity contribution in [3.05, 3.63) is 0 Å². The summed E-state index contributed by atoms with van der Waals surface area (Å²) in [6.45, 7) is 7.22. The Kier molecular flexibility index (Phi) is 61.1. The van der Waals surface area contributed by atoms with E-state index in [1.807, 2.05) is 0 Å². The number of rotatable bonds is 69. The number of hydrogen-bond donors (Lipinski definition) is 3.